The molecule has 11 heteroatoms. The summed E-state index contributed by atoms with van der Waals surface area (Å²) in [6.07, 6.45) is 4.83. The zero-order valence-corrected chi connectivity index (χ0v) is 17.2. The normalized spacial score (nSPS) is 20.9. The van der Waals surface area contributed by atoms with Crippen molar-refractivity contribution in [2.45, 2.75) is 44.2 Å². The summed E-state index contributed by atoms with van der Waals surface area (Å²) in [5, 5.41) is 9.65. The maximum Gasteiger partial charge on any atom is 0.252 e. The first-order valence-electron chi connectivity index (χ1n) is 9.64. The highest BCUT2D eigenvalue weighted by Gasteiger charge is 2.52. The van der Waals surface area contributed by atoms with E-state index in [1.54, 1.807) is 30.5 Å². The molecule has 1 atom stereocenters. The third-order valence-electron chi connectivity index (χ3n) is 5.68. The zero-order chi connectivity index (χ0) is 21.0. The Morgan fingerprint density at radius 1 is 1.30 bits per heavy atom. The second-order valence-electron chi connectivity index (χ2n) is 7.54. The van der Waals surface area contributed by atoms with E-state index in [-0.39, 0.29) is 18.7 Å². The lowest BCUT2D eigenvalue weighted by Crippen LogP contribution is -2.61. The van der Waals surface area contributed by atoms with Crippen LogP contribution in [0.25, 0.3) is 22.1 Å². The first kappa shape index (κ1) is 19.0. The van der Waals surface area contributed by atoms with Crippen LogP contribution in [0.4, 0.5) is 20.3 Å². The number of nitrogens with one attached hydrogen (secondary N) is 1. The zero-order valence-electron chi connectivity index (χ0n) is 16.3. The molecule has 156 valence electrons. The number of thiazole rings is 1. The van der Waals surface area contributed by atoms with Crippen molar-refractivity contribution >= 4 is 28.7 Å². The van der Waals surface area contributed by atoms with Crippen molar-refractivity contribution in [2.75, 3.05) is 16.8 Å². The Bertz CT molecular complexity index is 1090. The summed E-state index contributed by atoms with van der Waals surface area (Å²) in [5.74, 6) is -1.93. The average molecular weight is 431 g/mol. The molecule has 0 bridgehead atoms. The number of carbonyl (C=O) groups is 1. The van der Waals surface area contributed by atoms with Crippen molar-refractivity contribution in [3.8, 4) is 22.1 Å². The minimum absolute atomic E-state index is 0.136. The minimum Gasteiger partial charge on any atom is -0.339 e. The maximum atomic E-state index is 13.7. The number of H-pyrrole nitrogens is 1. The number of hydrogen-bond donors (Lipinski definition) is 1. The summed E-state index contributed by atoms with van der Waals surface area (Å²) in [5.41, 5.74) is 1.88. The van der Waals surface area contributed by atoms with E-state index < -0.39 is 18.0 Å². The van der Waals surface area contributed by atoms with Crippen molar-refractivity contribution in [1.82, 2.24) is 25.1 Å². The predicted octanol–water partition coefficient (Wildman–Crippen LogP) is 3.35. The highest BCUT2D eigenvalue weighted by atomic mass is 32.1. The molecule has 0 saturated heterocycles. The minimum atomic E-state index is -2.70. The molecule has 8 nitrogen and oxygen atoms in total. The molecule has 1 aliphatic heterocycles. The van der Waals surface area contributed by atoms with E-state index in [1.807, 2.05) is 12.3 Å². The fourth-order valence-corrected chi connectivity index (χ4v) is 4.77. The Labute approximate surface area is 175 Å². The van der Waals surface area contributed by atoms with E-state index >= 15 is 0 Å². The van der Waals surface area contributed by atoms with Gasteiger partial charge in [-0.2, -0.15) is 5.10 Å². The Morgan fingerprint density at radius 3 is 2.77 bits per heavy atom. The van der Waals surface area contributed by atoms with Crippen LogP contribution in [-0.4, -0.2) is 56.1 Å². The molecule has 2 aliphatic rings. The van der Waals surface area contributed by atoms with Gasteiger partial charge < -0.3 is 9.80 Å². The van der Waals surface area contributed by atoms with Crippen LogP contribution in [0, 0.1) is 0 Å². The molecule has 1 aliphatic carbocycles. The standard InChI is InChI=1S/C19H19F2N7OS/c1-3-12-18(29)27(2)13-9-23-15(11-8-24-26-14(11)17-22-4-5-30-17)25-16(13)28(12)10-6-19(20,21)7-10/h4-5,8-10,12H,3,6-7H2,1-2H3,(H,24,26). The molecule has 1 unspecified atom stereocenters. The Morgan fingerprint density at radius 2 is 2.10 bits per heavy atom. The third kappa shape index (κ3) is 2.87. The molecule has 5 rings (SSSR count). The summed E-state index contributed by atoms with van der Waals surface area (Å²) in [6, 6.07) is -0.971. The second-order valence-corrected chi connectivity index (χ2v) is 8.44. The number of nitrogens with zero attached hydrogens (tertiary/aromatic N) is 6. The predicted molar refractivity (Wildman–Crippen MR) is 109 cm³/mol. The summed E-state index contributed by atoms with van der Waals surface area (Å²) < 4.78 is 27.3. The van der Waals surface area contributed by atoms with E-state index in [2.05, 4.69) is 20.2 Å². The molecule has 0 aromatic carbocycles. The van der Waals surface area contributed by atoms with E-state index in [4.69, 9.17) is 4.98 Å². The molecule has 3 aromatic rings. The lowest BCUT2D eigenvalue weighted by molar-refractivity contribution is -0.122. The van der Waals surface area contributed by atoms with Gasteiger partial charge in [0.1, 0.15) is 22.4 Å². The van der Waals surface area contributed by atoms with Gasteiger partial charge >= 0.3 is 0 Å². The Kier molecular flexibility index (Phi) is 4.31. The van der Waals surface area contributed by atoms with Crippen LogP contribution in [0.1, 0.15) is 26.2 Å². The average Bonchev–Trinajstić information content (AvgIpc) is 3.39. The van der Waals surface area contributed by atoms with Crippen LogP contribution >= 0.6 is 11.3 Å². The van der Waals surface area contributed by atoms with Gasteiger partial charge in [0.05, 0.1) is 18.0 Å². The summed E-state index contributed by atoms with van der Waals surface area (Å²) in [6.45, 7) is 1.88. The Hall–Kier alpha value is -2.95. The highest BCUT2D eigenvalue weighted by Crippen LogP contribution is 2.46. The molecule has 1 amide bonds. The Balaban J connectivity index is 1.61. The maximum absolute atomic E-state index is 13.7. The third-order valence-corrected chi connectivity index (χ3v) is 6.47. The number of carbonyl (C=O) groups excluding carboxylic acids is 1. The number of fused-ring (bicyclic) bond motifs is 1. The molecule has 0 radical (unpaired) electrons. The quantitative estimate of drug-likeness (QED) is 0.681. The fraction of sp³-hybridized carbons (Fsp3) is 0.421. The molecule has 0 spiro atoms. The van der Waals surface area contributed by atoms with E-state index in [0.29, 0.717) is 35.0 Å². The van der Waals surface area contributed by atoms with Crippen molar-refractivity contribution in [3.05, 3.63) is 24.0 Å². The van der Waals surface area contributed by atoms with Gasteiger partial charge in [-0.05, 0) is 6.42 Å². The topological polar surface area (TPSA) is 90.9 Å². The van der Waals surface area contributed by atoms with Crippen LogP contribution in [-0.2, 0) is 4.79 Å². The first-order valence-corrected chi connectivity index (χ1v) is 10.5. The molecule has 4 heterocycles. The van der Waals surface area contributed by atoms with Gasteiger partial charge in [-0.15, -0.1) is 11.3 Å². The van der Waals surface area contributed by atoms with Crippen LogP contribution in [0.3, 0.4) is 0 Å². The van der Waals surface area contributed by atoms with E-state index in [0.717, 1.165) is 5.01 Å². The van der Waals surface area contributed by atoms with E-state index in [9.17, 15) is 13.6 Å². The molecule has 30 heavy (non-hydrogen) atoms. The van der Waals surface area contributed by atoms with Crippen LogP contribution in [0.15, 0.2) is 24.0 Å². The summed E-state index contributed by atoms with van der Waals surface area (Å²) >= 11 is 1.46. The number of aromatic nitrogens is 5. The monoisotopic (exact) mass is 431 g/mol. The van der Waals surface area contributed by atoms with Gasteiger partial charge in [-0.25, -0.2) is 23.7 Å². The number of rotatable bonds is 4. The number of amides is 1. The van der Waals surface area contributed by atoms with Crippen molar-refractivity contribution in [1.29, 1.82) is 0 Å². The van der Waals surface area contributed by atoms with Crippen molar-refractivity contribution in [2.24, 2.45) is 0 Å². The van der Waals surface area contributed by atoms with Gasteiger partial charge in [0.25, 0.3) is 5.92 Å². The smallest absolute Gasteiger partial charge is 0.252 e. The number of hydrogen-bond acceptors (Lipinski definition) is 7. The molecule has 1 fully saturated rings. The van der Waals surface area contributed by atoms with E-state index in [1.165, 1.54) is 16.2 Å². The molecule has 1 N–H and O–H groups in total. The molecule has 1 saturated carbocycles. The van der Waals surface area contributed by atoms with Crippen LogP contribution in [0.2, 0.25) is 0 Å². The number of anilines is 2. The number of likely N-dealkylation sites (N-methyl/N-ethyl adjacent to an activating group) is 1. The van der Waals surface area contributed by atoms with Crippen molar-refractivity contribution in [3.63, 3.8) is 0 Å². The van der Waals surface area contributed by atoms with Crippen LogP contribution in [0.5, 0.6) is 0 Å². The fourth-order valence-electron chi connectivity index (χ4n) is 4.12. The van der Waals surface area contributed by atoms with Crippen molar-refractivity contribution < 1.29 is 13.6 Å². The van der Waals surface area contributed by atoms with Gasteiger partial charge in [0, 0.05) is 37.5 Å². The summed E-state index contributed by atoms with van der Waals surface area (Å²) in [7, 11) is 1.67. The lowest BCUT2D eigenvalue weighted by Gasteiger charge is -2.49. The van der Waals surface area contributed by atoms with Gasteiger partial charge in [0.2, 0.25) is 5.91 Å². The van der Waals surface area contributed by atoms with Gasteiger partial charge in [-0.3, -0.25) is 9.89 Å². The second kappa shape index (κ2) is 6.79. The SMILES string of the molecule is CCC1C(=O)N(C)c2cnc(-c3cn[nH]c3-c3nccs3)nc2N1C1CC(F)(F)C1. The molecule has 3 aromatic heterocycles. The molecular formula is C19H19F2N7OS. The highest BCUT2D eigenvalue weighted by molar-refractivity contribution is 7.13. The number of aromatic amines is 1. The van der Waals surface area contributed by atoms with Gasteiger partial charge in [-0.1, -0.05) is 6.92 Å². The molecular weight excluding hydrogens is 412 g/mol. The largest absolute Gasteiger partial charge is 0.339 e. The van der Waals surface area contributed by atoms with Gasteiger partial charge in [0.15, 0.2) is 11.6 Å². The number of alkyl halides is 2. The number of halogens is 2. The lowest BCUT2D eigenvalue weighted by atomic mass is 9.85. The summed E-state index contributed by atoms with van der Waals surface area (Å²) in [4.78, 5) is 29.6. The first-order chi connectivity index (χ1) is 14.4. The van der Waals surface area contributed by atoms with Crippen LogP contribution < -0.4 is 9.80 Å².